The van der Waals surface area contributed by atoms with Crippen LogP contribution in [-0.2, 0) is 4.74 Å². The molecule has 2 aromatic carbocycles. The highest BCUT2D eigenvalue weighted by Gasteiger charge is 2.25. The second-order valence-corrected chi connectivity index (χ2v) is 7.73. The van der Waals surface area contributed by atoms with E-state index in [0.717, 1.165) is 5.56 Å². The van der Waals surface area contributed by atoms with Crippen LogP contribution in [0.2, 0.25) is 0 Å². The van der Waals surface area contributed by atoms with E-state index in [1.165, 1.54) is 0 Å². The lowest BCUT2D eigenvalue weighted by atomic mass is 10.1. The van der Waals surface area contributed by atoms with Crippen molar-refractivity contribution in [3.63, 3.8) is 0 Å². The minimum atomic E-state index is -0.439. The average molecular weight is 463 g/mol. The Morgan fingerprint density at radius 2 is 1.71 bits per heavy atom. The number of nitrogens with one attached hydrogen (secondary N) is 1. The molecule has 1 aliphatic rings. The Balaban J connectivity index is 1.31. The van der Waals surface area contributed by atoms with Crippen LogP contribution >= 0.6 is 0 Å². The van der Waals surface area contributed by atoms with Crippen LogP contribution in [0.4, 0.5) is 10.5 Å². The zero-order valence-electron chi connectivity index (χ0n) is 19.0. The molecule has 0 atom stereocenters. The van der Waals surface area contributed by atoms with E-state index in [-0.39, 0.29) is 18.5 Å². The van der Waals surface area contributed by atoms with Gasteiger partial charge in [0, 0.05) is 49.9 Å². The fourth-order valence-electron chi connectivity index (χ4n) is 3.61. The number of piperazine rings is 1. The van der Waals surface area contributed by atoms with Crippen LogP contribution in [0.5, 0.6) is 0 Å². The lowest BCUT2D eigenvalue weighted by molar-refractivity contribution is 0.0526. The summed E-state index contributed by atoms with van der Waals surface area (Å²) in [5.74, 6) is 0.414. The normalized spacial score (nSPS) is 13.5. The Kier molecular flexibility index (Phi) is 6.86. The SMILES string of the molecule is CCOC(=O)c1cccc(NC(=O)N2CCN(C(=O)c3ccc(-c4noc(C)n4)cc3)CC2)c1. The number of hydrogen-bond acceptors (Lipinski definition) is 7. The van der Waals surface area contributed by atoms with Crippen molar-refractivity contribution in [2.75, 3.05) is 38.1 Å². The van der Waals surface area contributed by atoms with Crippen LogP contribution in [-0.4, -0.2) is 70.6 Å². The summed E-state index contributed by atoms with van der Waals surface area (Å²) in [7, 11) is 0. The number of nitrogens with zero attached hydrogens (tertiary/aromatic N) is 4. The number of benzene rings is 2. The maximum absolute atomic E-state index is 12.9. The van der Waals surface area contributed by atoms with Gasteiger partial charge < -0.3 is 24.4 Å². The Bertz CT molecular complexity index is 1180. The molecule has 1 aliphatic heterocycles. The highest BCUT2D eigenvalue weighted by atomic mass is 16.5. The Labute approximate surface area is 196 Å². The molecular formula is C24H25N5O5. The maximum atomic E-state index is 12.9. The highest BCUT2D eigenvalue weighted by Crippen LogP contribution is 2.18. The molecule has 1 fully saturated rings. The van der Waals surface area contributed by atoms with Gasteiger partial charge in [0.2, 0.25) is 11.7 Å². The smallest absolute Gasteiger partial charge is 0.338 e. The van der Waals surface area contributed by atoms with Crippen molar-refractivity contribution >= 4 is 23.6 Å². The van der Waals surface area contributed by atoms with Gasteiger partial charge in [0.1, 0.15) is 0 Å². The summed E-state index contributed by atoms with van der Waals surface area (Å²) in [5, 5.41) is 6.68. The molecule has 10 heteroatoms. The van der Waals surface area contributed by atoms with E-state index in [1.807, 2.05) is 0 Å². The summed E-state index contributed by atoms with van der Waals surface area (Å²) in [6, 6.07) is 13.4. The summed E-state index contributed by atoms with van der Waals surface area (Å²) in [6.45, 7) is 5.36. The van der Waals surface area contributed by atoms with Crippen molar-refractivity contribution in [3.8, 4) is 11.4 Å². The van der Waals surface area contributed by atoms with Crippen LogP contribution in [0.3, 0.4) is 0 Å². The molecule has 0 aliphatic carbocycles. The van der Waals surface area contributed by atoms with E-state index in [2.05, 4.69) is 15.5 Å². The van der Waals surface area contributed by atoms with E-state index in [9.17, 15) is 14.4 Å². The molecular weight excluding hydrogens is 438 g/mol. The average Bonchev–Trinajstić information content (AvgIpc) is 3.30. The molecule has 3 aromatic rings. The highest BCUT2D eigenvalue weighted by molar-refractivity contribution is 5.96. The van der Waals surface area contributed by atoms with Crippen molar-refractivity contribution in [3.05, 3.63) is 65.5 Å². The Hall–Kier alpha value is -4.21. The summed E-state index contributed by atoms with van der Waals surface area (Å²) in [5.41, 5.74) is 2.20. The number of carbonyl (C=O) groups is 3. The number of amides is 3. The van der Waals surface area contributed by atoms with Crippen LogP contribution in [0.15, 0.2) is 53.1 Å². The van der Waals surface area contributed by atoms with Gasteiger partial charge in [0.25, 0.3) is 5.91 Å². The number of urea groups is 1. The predicted molar refractivity (Wildman–Crippen MR) is 123 cm³/mol. The summed E-state index contributed by atoms with van der Waals surface area (Å²) < 4.78 is 9.99. The number of aryl methyl sites for hydroxylation is 1. The third kappa shape index (κ3) is 5.22. The fraction of sp³-hybridized carbons (Fsp3) is 0.292. The number of hydrogen-bond donors (Lipinski definition) is 1. The molecule has 2 heterocycles. The van der Waals surface area contributed by atoms with Gasteiger partial charge in [-0.05, 0) is 37.3 Å². The number of ether oxygens (including phenoxy) is 1. The van der Waals surface area contributed by atoms with Gasteiger partial charge in [-0.1, -0.05) is 23.4 Å². The quantitative estimate of drug-likeness (QED) is 0.577. The molecule has 176 valence electrons. The lowest BCUT2D eigenvalue weighted by Crippen LogP contribution is -2.51. The first-order valence-corrected chi connectivity index (χ1v) is 11.0. The van der Waals surface area contributed by atoms with Crippen LogP contribution in [0, 0.1) is 6.92 Å². The van der Waals surface area contributed by atoms with E-state index in [0.29, 0.717) is 54.7 Å². The van der Waals surface area contributed by atoms with Gasteiger partial charge in [-0.25, -0.2) is 9.59 Å². The molecule has 1 saturated heterocycles. The number of esters is 1. The van der Waals surface area contributed by atoms with E-state index >= 15 is 0 Å². The number of carbonyl (C=O) groups excluding carboxylic acids is 3. The first kappa shape index (κ1) is 23.0. The molecule has 0 radical (unpaired) electrons. The van der Waals surface area contributed by atoms with E-state index in [1.54, 1.807) is 72.2 Å². The summed E-state index contributed by atoms with van der Waals surface area (Å²) >= 11 is 0. The predicted octanol–water partition coefficient (Wildman–Crippen LogP) is 3.21. The van der Waals surface area contributed by atoms with Crippen molar-refractivity contribution < 1.29 is 23.6 Å². The molecule has 1 N–H and O–H groups in total. The second kappa shape index (κ2) is 10.2. The zero-order valence-corrected chi connectivity index (χ0v) is 19.0. The zero-order chi connectivity index (χ0) is 24.1. The van der Waals surface area contributed by atoms with Crippen LogP contribution in [0.25, 0.3) is 11.4 Å². The van der Waals surface area contributed by atoms with Gasteiger partial charge >= 0.3 is 12.0 Å². The molecule has 4 rings (SSSR count). The Morgan fingerprint density at radius 3 is 2.35 bits per heavy atom. The van der Waals surface area contributed by atoms with Crippen molar-refractivity contribution in [2.24, 2.45) is 0 Å². The number of rotatable bonds is 5. The standard InChI is InChI=1S/C24H25N5O5/c1-3-33-23(31)19-5-4-6-20(15-19)26-24(32)29-13-11-28(12-14-29)22(30)18-9-7-17(8-10-18)21-25-16(2)34-27-21/h4-10,15H,3,11-14H2,1-2H3,(H,26,32). The first-order chi connectivity index (χ1) is 16.4. The van der Waals surface area contributed by atoms with Crippen molar-refractivity contribution in [1.82, 2.24) is 19.9 Å². The minimum absolute atomic E-state index is 0.0990. The number of anilines is 1. The third-order valence-electron chi connectivity index (χ3n) is 5.40. The van der Waals surface area contributed by atoms with E-state index in [4.69, 9.17) is 9.26 Å². The molecule has 10 nitrogen and oxygen atoms in total. The second-order valence-electron chi connectivity index (χ2n) is 7.73. The van der Waals surface area contributed by atoms with Crippen molar-refractivity contribution in [1.29, 1.82) is 0 Å². The minimum Gasteiger partial charge on any atom is -0.462 e. The fourth-order valence-corrected chi connectivity index (χ4v) is 3.61. The largest absolute Gasteiger partial charge is 0.462 e. The Morgan fingerprint density at radius 1 is 1.00 bits per heavy atom. The molecule has 34 heavy (non-hydrogen) atoms. The van der Waals surface area contributed by atoms with Gasteiger partial charge in [-0.3, -0.25) is 4.79 Å². The third-order valence-corrected chi connectivity index (χ3v) is 5.40. The van der Waals surface area contributed by atoms with Gasteiger partial charge in [-0.15, -0.1) is 0 Å². The summed E-state index contributed by atoms with van der Waals surface area (Å²) in [6.07, 6.45) is 0. The van der Waals surface area contributed by atoms with Crippen molar-refractivity contribution in [2.45, 2.75) is 13.8 Å². The first-order valence-electron chi connectivity index (χ1n) is 11.0. The molecule has 3 amide bonds. The van der Waals surface area contributed by atoms with Crippen LogP contribution < -0.4 is 5.32 Å². The topological polar surface area (TPSA) is 118 Å². The molecule has 0 spiro atoms. The molecule has 0 unspecified atom stereocenters. The molecule has 0 bridgehead atoms. The summed E-state index contributed by atoms with van der Waals surface area (Å²) in [4.78, 5) is 45.0. The number of aromatic nitrogens is 2. The molecule has 1 aromatic heterocycles. The lowest BCUT2D eigenvalue weighted by Gasteiger charge is -2.34. The van der Waals surface area contributed by atoms with Gasteiger partial charge in [0.15, 0.2) is 0 Å². The van der Waals surface area contributed by atoms with Crippen LogP contribution in [0.1, 0.15) is 33.5 Å². The van der Waals surface area contributed by atoms with Gasteiger partial charge in [0.05, 0.1) is 12.2 Å². The maximum Gasteiger partial charge on any atom is 0.338 e. The van der Waals surface area contributed by atoms with E-state index < -0.39 is 5.97 Å². The monoisotopic (exact) mass is 463 g/mol. The molecule has 0 saturated carbocycles. The van der Waals surface area contributed by atoms with Gasteiger partial charge in [-0.2, -0.15) is 4.98 Å².